The van der Waals surface area contributed by atoms with Crippen molar-refractivity contribution >= 4 is 20.8 Å². The van der Waals surface area contributed by atoms with E-state index in [1.165, 1.54) is 0 Å². The van der Waals surface area contributed by atoms with E-state index < -0.39 is 95.4 Å². The largest absolute Gasteiger partial charge is 0.397 e. The van der Waals surface area contributed by atoms with E-state index in [-0.39, 0.29) is 0 Å². The van der Waals surface area contributed by atoms with E-state index in [1.54, 1.807) is 0 Å². The van der Waals surface area contributed by atoms with Gasteiger partial charge in [-0.15, -0.1) is 0 Å². The van der Waals surface area contributed by atoms with Crippen LogP contribution in [0.15, 0.2) is 0 Å². The number of aliphatic hydroxyl groups is 6. The first-order valence-corrected chi connectivity index (χ1v) is 11.1. The molecule has 0 spiro atoms. The standard InChI is InChI=1S/C12H22O17S2/c13-1-3-5(14)10(29-31(22,23)24)8(17)12(27-3)25-2-4-6(15)9(28-30(19,20)21)7(16)11(18)26-4/h3-18H,1-2H2,(H,19,20,21)(H,22,23,24)/t3?,4?,5-,6-,7?,8?,9+,10+,11+,12+/m0/s1. The van der Waals surface area contributed by atoms with Gasteiger partial charge in [-0.25, -0.2) is 8.37 Å². The SMILES string of the molecule is O=S(=O)(O)O[C@H]1C(O)[C@H](OCC2O[C@@H](O)C(O)[C@H](OS(=O)(=O)O)[C@H]2O)OC(CO)[C@@H]1O. The maximum absolute atomic E-state index is 10.9. The molecule has 2 aliphatic rings. The Morgan fingerprint density at radius 3 is 1.68 bits per heavy atom. The van der Waals surface area contributed by atoms with Gasteiger partial charge in [0, 0.05) is 0 Å². The Balaban J connectivity index is 2.12. The Morgan fingerprint density at radius 2 is 1.19 bits per heavy atom. The summed E-state index contributed by atoms with van der Waals surface area (Å²) >= 11 is 0. The molecule has 2 saturated heterocycles. The Kier molecular flexibility index (Phi) is 8.68. The molecule has 19 heteroatoms. The second kappa shape index (κ2) is 10.1. The van der Waals surface area contributed by atoms with Crippen molar-refractivity contribution in [3.05, 3.63) is 0 Å². The van der Waals surface area contributed by atoms with Crippen LogP contribution in [0.1, 0.15) is 0 Å². The van der Waals surface area contributed by atoms with Crippen molar-refractivity contribution in [2.24, 2.45) is 0 Å². The normalized spacial score (nSPS) is 42.5. The highest BCUT2D eigenvalue weighted by Crippen LogP contribution is 2.28. The summed E-state index contributed by atoms with van der Waals surface area (Å²) < 4.78 is 84.4. The maximum atomic E-state index is 10.9. The molecule has 0 bridgehead atoms. The van der Waals surface area contributed by atoms with Crippen LogP contribution in [0.5, 0.6) is 0 Å². The molecule has 2 heterocycles. The maximum Gasteiger partial charge on any atom is 0.397 e. The van der Waals surface area contributed by atoms with Crippen LogP contribution >= 0.6 is 0 Å². The molecule has 4 unspecified atom stereocenters. The fourth-order valence-corrected chi connectivity index (χ4v) is 3.96. The van der Waals surface area contributed by atoms with Gasteiger partial charge in [-0.1, -0.05) is 0 Å². The number of rotatable bonds is 8. The van der Waals surface area contributed by atoms with Crippen LogP contribution in [0.2, 0.25) is 0 Å². The molecule has 17 nitrogen and oxygen atoms in total. The van der Waals surface area contributed by atoms with Crippen molar-refractivity contribution in [1.82, 2.24) is 0 Å². The average Bonchev–Trinajstić information content (AvgIpc) is 2.64. The summed E-state index contributed by atoms with van der Waals surface area (Å²) in [7, 11) is -10.3. The van der Waals surface area contributed by atoms with Gasteiger partial charge in [0.1, 0.15) is 48.8 Å². The lowest BCUT2D eigenvalue weighted by molar-refractivity contribution is -0.322. The minimum Gasteiger partial charge on any atom is -0.394 e. The monoisotopic (exact) mass is 502 g/mol. The summed E-state index contributed by atoms with van der Waals surface area (Å²) in [5.41, 5.74) is 0. The molecule has 0 aromatic heterocycles. The summed E-state index contributed by atoms with van der Waals surface area (Å²) in [5.74, 6) is 0. The topological polar surface area (TPSA) is 276 Å². The second-order valence-electron chi connectivity index (χ2n) is 6.56. The molecule has 0 aliphatic carbocycles. The molecule has 2 fully saturated rings. The fourth-order valence-electron chi connectivity index (χ4n) is 2.94. The van der Waals surface area contributed by atoms with Crippen molar-refractivity contribution in [2.75, 3.05) is 13.2 Å². The smallest absolute Gasteiger partial charge is 0.394 e. The van der Waals surface area contributed by atoms with Gasteiger partial charge in [0.2, 0.25) is 0 Å². The first-order chi connectivity index (χ1) is 14.1. The van der Waals surface area contributed by atoms with Crippen LogP contribution in [0.25, 0.3) is 0 Å². The average molecular weight is 502 g/mol. The summed E-state index contributed by atoms with van der Waals surface area (Å²) in [6.07, 6.45) is -19.4. The lowest BCUT2D eigenvalue weighted by Gasteiger charge is -2.42. The Morgan fingerprint density at radius 1 is 0.710 bits per heavy atom. The van der Waals surface area contributed by atoms with Gasteiger partial charge in [0.05, 0.1) is 13.2 Å². The molecule has 184 valence electrons. The van der Waals surface area contributed by atoms with Crippen molar-refractivity contribution in [3.63, 3.8) is 0 Å². The summed E-state index contributed by atoms with van der Waals surface area (Å²) in [6.45, 7) is -1.73. The van der Waals surface area contributed by atoms with Gasteiger partial charge >= 0.3 is 20.8 Å². The molecular weight excluding hydrogens is 480 g/mol. The van der Waals surface area contributed by atoms with Crippen LogP contribution in [0.4, 0.5) is 0 Å². The third kappa shape index (κ3) is 6.93. The molecular formula is C12H22O17S2. The molecule has 0 saturated carbocycles. The van der Waals surface area contributed by atoms with Crippen LogP contribution < -0.4 is 0 Å². The molecule has 2 aliphatic heterocycles. The first-order valence-electron chi connectivity index (χ1n) is 8.39. The van der Waals surface area contributed by atoms with Crippen molar-refractivity contribution in [2.45, 2.75) is 61.4 Å². The Hall–Kier alpha value is -0.620. The lowest BCUT2D eigenvalue weighted by Crippen LogP contribution is -2.62. The predicted octanol–water partition coefficient (Wildman–Crippen LogP) is -5.74. The lowest BCUT2D eigenvalue weighted by atomic mass is 9.98. The molecule has 0 amide bonds. The van der Waals surface area contributed by atoms with Crippen molar-refractivity contribution in [3.8, 4) is 0 Å². The van der Waals surface area contributed by atoms with E-state index in [9.17, 15) is 47.5 Å². The summed E-state index contributed by atoms with van der Waals surface area (Å²) in [6, 6.07) is 0. The molecule has 10 atom stereocenters. The molecule has 0 aromatic rings. The van der Waals surface area contributed by atoms with E-state index in [0.29, 0.717) is 0 Å². The minimum absolute atomic E-state index is 0.829. The first kappa shape index (κ1) is 26.6. The second-order valence-corrected chi connectivity index (χ2v) is 8.66. The van der Waals surface area contributed by atoms with Gasteiger partial charge in [-0.05, 0) is 0 Å². The summed E-state index contributed by atoms with van der Waals surface area (Å²) in [4.78, 5) is 0. The van der Waals surface area contributed by atoms with Crippen LogP contribution in [-0.2, 0) is 43.4 Å². The predicted molar refractivity (Wildman–Crippen MR) is 89.4 cm³/mol. The molecule has 31 heavy (non-hydrogen) atoms. The number of aliphatic hydroxyl groups excluding tert-OH is 6. The van der Waals surface area contributed by atoms with Crippen molar-refractivity contribution in [1.29, 1.82) is 0 Å². The highest BCUT2D eigenvalue weighted by atomic mass is 32.3. The van der Waals surface area contributed by atoms with Gasteiger partial charge in [-0.3, -0.25) is 9.11 Å². The van der Waals surface area contributed by atoms with Crippen LogP contribution in [0, 0.1) is 0 Å². The van der Waals surface area contributed by atoms with E-state index >= 15 is 0 Å². The fraction of sp³-hybridized carbons (Fsp3) is 1.00. The van der Waals surface area contributed by atoms with Gasteiger partial charge in [-0.2, -0.15) is 16.8 Å². The highest BCUT2D eigenvalue weighted by molar-refractivity contribution is 7.81. The van der Waals surface area contributed by atoms with Gasteiger partial charge in [0.15, 0.2) is 12.6 Å². The third-order valence-corrected chi connectivity index (χ3v) is 5.30. The zero-order chi connectivity index (χ0) is 23.7. The third-order valence-electron chi connectivity index (χ3n) is 4.37. The van der Waals surface area contributed by atoms with E-state index in [2.05, 4.69) is 8.37 Å². The Labute approximate surface area is 175 Å². The highest BCUT2D eigenvalue weighted by Gasteiger charge is 2.50. The van der Waals surface area contributed by atoms with E-state index in [4.69, 9.17) is 23.3 Å². The zero-order valence-corrected chi connectivity index (χ0v) is 16.9. The molecule has 2 rings (SSSR count). The minimum atomic E-state index is -5.17. The van der Waals surface area contributed by atoms with Crippen LogP contribution in [0.3, 0.4) is 0 Å². The molecule has 0 radical (unpaired) electrons. The zero-order valence-electron chi connectivity index (χ0n) is 15.3. The quantitative estimate of drug-likeness (QED) is 0.143. The number of ether oxygens (including phenoxy) is 3. The van der Waals surface area contributed by atoms with Crippen molar-refractivity contribution < 1.29 is 79.2 Å². The molecule has 8 N–H and O–H groups in total. The van der Waals surface area contributed by atoms with Crippen LogP contribution in [-0.4, -0.2) is 131 Å². The van der Waals surface area contributed by atoms with Gasteiger partial charge < -0.3 is 44.8 Å². The Bertz CT molecular complexity index is 800. The van der Waals surface area contributed by atoms with Gasteiger partial charge in [0.25, 0.3) is 0 Å². The number of hydrogen-bond donors (Lipinski definition) is 8. The van der Waals surface area contributed by atoms with E-state index in [0.717, 1.165) is 0 Å². The number of hydrogen-bond acceptors (Lipinski definition) is 15. The summed E-state index contributed by atoms with van der Waals surface area (Å²) in [5, 5.41) is 58.8. The van der Waals surface area contributed by atoms with E-state index in [1.807, 2.05) is 0 Å². The molecule has 0 aromatic carbocycles.